The van der Waals surface area contributed by atoms with Crippen LogP contribution < -0.4 is 4.74 Å². The van der Waals surface area contributed by atoms with Gasteiger partial charge in [0, 0.05) is 40.1 Å². The first-order valence-electron chi connectivity index (χ1n) is 18.6. The predicted molar refractivity (Wildman–Crippen MR) is 218 cm³/mol. The van der Waals surface area contributed by atoms with Gasteiger partial charge in [-0.3, -0.25) is 4.57 Å². The highest BCUT2D eigenvalue weighted by Crippen LogP contribution is 2.40. The first-order chi connectivity index (χ1) is 24.6. The molecule has 4 aromatic carbocycles. The molecule has 0 saturated heterocycles. The van der Waals surface area contributed by atoms with Gasteiger partial charge in [0.05, 0.1) is 28.1 Å². The molecule has 7 aromatic rings. The number of hydrogen-bond acceptors (Lipinski definition) is 3. The number of ether oxygens (including phenoxy) is 1. The second kappa shape index (κ2) is 13.1. The molecule has 5 nitrogen and oxygen atoms in total. The molecule has 5 heteroatoms. The number of benzene rings is 4. The molecule has 3 heterocycles. The quantitative estimate of drug-likeness (QED) is 0.167. The smallest absolute Gasteiger partial charge is 0.137 e. The van der Waals surface area contributed by atoms with Gasteiger partial charge in [0.2, 0.25) is 0 Å². The number of aryl methyl sites for hydroxylation is 1. The summed E-state index contributed by atoms with van der Waals surface area (Å²) in [5.74, 6) is 3.19. The van der Waals surface area contributed by atoms with E-state index in [2.05, 4.69) is 182 Å². The standard InChI is InChI=1S/C47H52N4O/c1-29(2)33-17-20-41-40(25-33)39-19-18-37(28-42(39)50(41)43-26-35(21-22-48-43)46(6,7)8)52-38-24-34(30(3)4)23-36(27-38)51-45(47(9,10)11)44(31(5)49-51)32-15-13-12-14-16-32/h12-30H,1-11H3. The third-order valence-electron chi connectivity index (χ3n) is 10.2. The van der Waals surface area contributed by atoms with Gasteiger partial charge in [-0.1, -0.05) is 106 Å². The fraction of sp³-hybridized carbons (Fsp3) is 0.319. The highest BCUT2D eigenvalue weighted by atomic mass is 16.5. The molecular formula is C47H52N4O. The Morgan fingerprint density at radius 2 is 1.37 bits per heavy atom. The first-order valence-corrected chi connectivity index (χ1v) is 18.6. The second-order valence-electron chi connectivity index (χ2n) is 17.0. The van der Waals surface area contributed by atoms with Gasteiger partial charge in [0.15, 0.2) is 0 Å². The molecule has 0 aliphatic rings. The molecule has 0 unspecified atom stereocenters. The van der Waals surface area contributed by atoms with E-state index >= 15 is 0 Å². The number of pyridine rings is 1. The molecule has 0 radical (unpaired) electrons. The molecular weight excluding hydrogens is 637 g/mol. The van der Waals surface area contributed by atoms with Crippen LogP contribution in [0.4, 0.5) is 0 Å². The zero-order valence-electron chi connectivity index (χ0n) is 32.7. The van der Waals surface area contributed by atoms with Crippen molar-refractivity contribution in [1.82, 2.24) is 19.3 Å². The van der Waals surface area contributed by atoms with Crippen LogP contribution in [0.15, 0.2) is 103 Å². The fourth-order valence-corrected chi connectivity index (χ4v) is 7.31. The molecule has 7 rings (SSSR count). The summed E-state index contributed by atoms with van der Waals surface area (Å²) in [5, 5.41) is 7.58. The van der Waals surface area contributed by atoms with Gasteiger partial charge in [-0.25, -0.2) is 9.67 Å². The Morgan fingerprint density at radius 1 is 0.635 bits per heavy atom. The summed E-state index contributed by atoms with van der Waals surface area (Å²) in [5.41, 5.74) is 11.4. The van der Waals surface area contributed by atoms with Crippen molar-refractivity contribution in [2.45, 2.75) is 98.8 Å². The first kappa shape index (κ1) is 35.3. The molecule has 0 spiro atoms. The van der Waals surface area contributed by atoms with Crippen molar-refractivity contribution < 1.29 is 4.74 Å². The van der Waals surface area contributed by atoms with Gasteiger partial charge in [-0.05, 0) is 95.0 Å². The van der Waals surface area contributed by atoms with E-state index in [1.165, 1.54) is 44.3 Å². The summed E-state index contributed by atoms with van der Waals surface area (Å²) < 4.78 is 11.3. The minimum atomic E-state index is -0.159. The van der Waals surface area contributed by atoms with Gasteiger partial charge in [0.25, 0.3) is 0 Å². The Kier molecular flexibility index (Phi) is 8.89. The van der Waals surface area contributed by atoms with Gasteiger partial charge in [0.1, 0.15) is 17.3 Å². The summed E-state index contributed by atoms with van der Waals surface area (Å²) in [6.07, 6.45) is 1.93. The van der Waals surface area contributed by atoms with Crippen LogP contribution in [0.25, 0.3) is 44.4 Å². The van der Waals surface area contributed by atoms with Gasteiger partial charge in [-0.2, -0.15) is 5.10 Å². The number of rotatable bonds is 7. The van der Waals surface area contributed by atoms with E-state index in [9.17, 15) is 0 Å². The fourth-order valence-electron chi connectivity index (χ4n) is 7.31. The van der Waals surface area contributed by atoms with Crippen molar-refractivity contribution in [3.05, 3.63) is 131 Å². The Hall–Kier alpha value is -5.16. The van der Waals surface area contributed by atoms with Gasteiger partial charge in [-0.15, -0.1) is 0 Å². The Morgan fingerprint density at radius 3 is 2.04 bits per heavy atom. The third-order valence-corrected chi connectivity index (χ3v) is 10.2. The minimum Gasteiger partial charge on any atom is -0.457 e. The molecule has 0 aliphatic carbocycles. The predicted octanol–water partition coefficient (Wildman–Crippen LogP) is 13.0. The molecule has 3 aromatic heterocycles. The summed E-state index contributed by atoms with van der Waals surface area (Å²) in [6.45, 7) is 24.6. The molecule has 52 heavy (non-hydrogen) atoms. The summed E-state index contributed by atoms with van der Waals surface area (Å²) >= 11 is 0. The second-order valence-corrected chi connectivity index (χ2v) is 17.0. The lowest BCUT2D eigenvalue weighted by Crippen LogP contribution is -2.19. The monoisotopic (exact) mass is 688 g/mol. The van der Waals surface area contributed by atoms with Crippen LogP contribution in [0.5, 0.6) is 11.5 Å². The molecule has 0 amide bonds. The summed E-state index contributed by atoms with van der Waals surface area (Å²) in [4.78, 5) is 4.91. The lowest BCUT2D eigenvalue weighted by molar-refractivity contribution is 0.480. The highest BCUT2D eigenvalue weighted by molar-refractivity contribution is 6.09. The molecule has 0 bridgehead atoms. The Balaban J connectivity index is 1.39. The Labute approximate surface area is 309 Å². The van der Waals surface area contributed by atoms with Crippen molar-refractivity contribution >= 4 is 21.8 Å². The van der Waals surface area contributed by atoms with Gasteiger partial charge < -0.3 is 4.74 Å². The van der Waals surface area contributed by atoms with Crippen molar-refractivity contribution in [3.8, 4) is 34.1 Å². The number of nitrogens with zero attached hydrogens (tertiary/aromatic N) is 4. The number of hydrogen-bond donors (Lipinski definition) is 0. The normalized spacial score (nSPS) is 12.5. The van der Waals surface area contributed by atoms with Crippen LogP contribution in [-0.2, 0) is 10.8 Å². The van der Waals surface area contributed by atoms with E-state index in [1.807, 2.05) is 6.20 Å². The molecule has 266 valence electrons. The largest absolute Gasteiger partial charge is 0.457 e. The Bertz CT molecular complexity index is 2410. The molecule has 0 fully saturated rings. The van der Waals surface area contributed by atoms with E-state index in [-0.39, 0.29) is 10.8 Å². The zero-order chi connectivity index (χ0) is 37.1. The third kappa shape index (κ3) is 6.53. The highest BCUT2D eigenvalue weighted by Gasteiger charge is 2.28. The van der Waals surface area contributed by atoms with E-state index in [1.54, 1.807) is 0 Å². The summed E-state index contributed by atoms with van der Waals surface area (Å²) in [6, 6.07) is 34.8. The van der Waals surface area contributed by atoms with Crippen LogP contribution in [0, 0.1) is 6.92 Å². The number of aromatic nitrogens is 4. The van der Waals surface area contributed by atoms with Crippen molar-refractivity contribution in [2.75, 3.05) is 0 Å². The van der Waals surface area contributed by atoms with E-state index < -0.39 is 0 Å². The van der Waals surface area contributed by atoms with Crippen LogP contribution in [-0.4, -0.2) is 19.3 Å². The maximum atomic E-state index is 6.84. The molecule has 0 N–H and O–H groups in total. The average Bonchev–Trinajstić information content (AvgIpc) is 3.62. The maximum absolute atomic E-state index is 6.84. The SMILES string of the molecule is Cc1nn(-c2cc(Oc3ccc4c5cc(C(C)C)ccc5n(-c5cc(C(C)(C)C)ccn5)c4c3)cc(C(C)C)c2)c(C(C)(C)C)c1-c1ccccc1. The van der Waals surface area contributed by atoms with Crippen LogP contribution >= 0.6 is 0 Å². The van der Waals surface area contributed by atoms with Crippen molar-refractivity contribution in [1.29, 1.82) is 0 Å². The minimum absolute atomic E-state index is 0.00347. The lowest BCUT2D eigenvalue weighted by atomic mass is 9.86. The van der Waals surface area contributed by atoms with E-state index in [0.717, 1.165) is 39.7 Å². The van der Waals surface area contributed by atoms with E-state index in [0.29, 0.717) is 11.8 Å². The zero-order valence-corrected chi connectivity index (χ0v) is 32.7. The summed E-state index contributed by atoms with van der Waals surface area (Å²) in [7, 11) is 0. The van der Waals surface area contributed by atoms with Crippen molar-refractivity contribution in [2.24, 2.45) is 0 Å². The van der Waals surface area contributed by atoms with Crippen LogP contribution in [0.1, 0.15) is 109 Å². The molecule has 0 atom stereocenters. The maximum Gasteiger partial charge on any atom is 0.137 e. The van der Waals surface area contributed by atoms with Crippen LogP contribution in [0.2, 0.25) is 0 Å². The van der Waals surface area contributed by atoms with Gasteiger partial charge >= 0.3 is 0 Å². The topological polar surface area (TPSA) is 44.9 Å². The lowest BCUT2D eigenvalue weighted by Gasteiger charge is -2.24. The average molecular weight is 689 g/mol. The number of fused-ring (bicyclic) bond motifs is 3. The van der Waals surface area contributed by atoms with Crippen molar-refractivity contribution in [3.63, 3.8) is 0 Å². The molecule has 0 saturated carbocycles. The molecule has 0 aliphatic heterocycles. The van der Waals surface area contributed by atoms with Crippen LogP contribution in [0.3, 0.4) is 0 Å². The van der Waals surface area contributed by atoms with E-state index in [4.69, 9.17) is 14.8 Å².